The number of carbonyl (C=O) groups excluding carboxylic acids is 1. The highest BCUT2D eigenvalue weighted by Gasteiger charge is 2.19. The molecule has 0 atom stereocenters. The zero-order valence-electron chi connectivity index (χ0n) is 15.7. The van der Waals surface area contributed by atoms with Crippen LogP contribution in [0.5, 0.6) is 0 Å². The molecule has 0 spiro atoms. The van der Waals surface area contributed by atoms with Crippen molar-refractivity contribution in [2.75, 3.05) is 10.0 Å². The lowest BCUT2D eigenvalue weighted by Crippen LogP contribution is -2.16. The van der Waals surface area contributed by atoms with Gasteiger partial charge in [-0.3, -0.25) is 9.52 Å². The first-order chi connectivity index (χ1) is 13.7. The van der Waals surface area contributed by atoms with Crippen molar-refractivity contribution in [3.8, 4) is 0 Å². The third kappa shape index (κ3) is 4.90. The summed E-state index contributed by atoms with van der Waals surface area (Å²) >= 11 is 11.9. The predicted molar refractivity (Wildman–Crippen MR) is 118 cm³/mol. The monoisotopic (exact) mass is 448 g/mol. The molecule has 5 nitrogen and oxygen atoms in total. The standard InChI is InChI=1S/C21H18Cl2N2O3S/c1-13-5-3-8-19(14(13)2)24-21(26)15-6-4-7-17(11-15)25-29(27,28)20-12-16(22)9-10-18(20)23/h3-12,25H,1-2H3,(H,24,26). The second-order valence-electron chi connectivity index (χ2n) is 6.46. The maximum atomic E-state index is 12.7. The Bertz CT molecular complexity index is 1190. The minimum absolute atomic E-state index is 0.0470. The Hall–Kier alpha value is -2.54. The molecule has 29 heavy (non-hydrogen) atoms. The number of rotatable bonds is 5. The average Bonchev–Trinajstić information content (AvgIpc) is 2.67. The third-order valence-electron chi connectivity index (χ3n) is 4.41. The highest BCUT2D eigenvalue weighted by molar-refractivity contribution is 7.92. The summed E-state index contributed by atoms with van der Waals surface area (Å²) in [5.41, 5.74) is 3.26. The average molecular weight is 449 g/mol. The number of amides is 1. The molecule has 0 bridgehead atoms. The molecule has 0 unspecified atom stereocenters. The number of nitrogens with one attached hydrogen (secondary N) is 2. The third-order valence-corrected chi connectivity index (χ3v) is 6.51. The summed E-state index contributed by atoms with van der Waals surface area (Å²) in [4.78, 5) is 12.5. The van der Waals surface area contributed by atoms with Gasteiger partial charge in [-0.2, -0.15) is 0 Å². The first kappa shape index (κ1) is 21.2. The predicted octanol–water partition coefficient (Wildman–Crippen LogP) is 5.66. The van der Waals surface area contributed by atoms with Gasteiger partial charge in [-0.05, 0) is 67.4 Å². The van der Waals surface area contributed by atoms with Gasteiger partial charge in [-0.15, -0.1) is 0 Å². The van der Waals surface area contributed by atoms with Crippen LogP contribution in [0.3, 0.4) is 0 Å². The molecule has 2 N–H and O–H groups in total. The summed E-state index contributed by atoms with van der Waals surface area (Å²) in [5.74, 6) is -0.347. The largest absolute Gasteiger partial charge is 0.322 e. The smallest absolute Gasteiger partial charge is 0.263 e. The summed E-state index contributed by atoms with van der Waals surface area (Å²) in [6.45, 7) is 3.88. The molecule has 0 heterocycles. The van der Waals surface area contributed by atoms with Crippen molar-refractivity contribution in [2.45, 2.75) is 18.7 Å². The Morgan fingerprint density at radius 2 is 1.66 bits per heavy atom. The van der Waals surface area contributed by atoms with E-state index in [0.29, 0.717) is 11.3 Å². The first-order valence-corrected chi connectivity index (χ1v) is 10.9. The van der Waals surface area contributed by atoms with E-state index in [2.05, 4.69) is 10.0 Å². The van der Waals surface area contributed by atoms with Crippen LogP contribution in [0.25, 0.3) is 0 Å². The van der Waals surface area contributed by atoms with E-state index in [9.17, 15) is 13.2 Å². The molecule has 3 rings (SSSR count). The Kier molecular flexibility index (Phi) is 6.17. The Labute approximate surface area is 179 Å². The number of carbonyl (C=O) groups is 1. The highest BCUT2D eigenvalue weighted by atomic mass is 35.5. The van der Waals surface area contributed by atoms with Crippen LogP contribution in [0.4, 0.5) is 11.4 Å². The second kappa shape index (κ2) is 8.45. The van der Waals surface area contributed by atoms with Crippen LogP contribution in [-0.4, -0.2) is 14.3 Å². The van der Waals surface area contributed by atoms with E-state index in [1.807, 2.05) is 32.0 Å². The SMILES string of the molecule is Cc1cccc(NC(=O)c2cccc(NS(=O)(=O)c3cc(Cl)ccc3Cl)c2)c1C. The molecular formula is C21H18Cl2N2O3S. The van der Waals surface area contributed by atoms with E-state index >= 15 is 0 Å². The molecule has 0 aliphatic rings. The van der Waals surface area contributed by atoms with Gasteiger partial charge in [0.2, 0.25) is 0 Å². The maximum absolute atomic E-state index is 12.7. The minimum Gasteiger partial charge on any atom is -0.322 e. The van der Waals surface area contributed by atoms with Crippen LogP contribution in [0.15, 0.2) is 65.6 Å². The van der Waals surface area contributed by atoms with Crippen LogP contribution in [0.2, 0.25) is 10.0 Å². The zero-order chi connectivity index (χ0) is 21.2. The van der Waals surface area contributed by atoms with Crippen molar-refractivity contribution < 1.29 is 13.2 Å². The van der Waals surface area contributed by atoms with E-state index in [0.717, 1.165) is 11.1 Å². The fraction of sp³-hybridized carbons (Fsp3) is 0.0952. The van der Waals surface area contributed by atoms with E-state index in [-0.39, 0.29) is 26.5 Å². The molecule has 150 valence electrons. The summed E-state index contributed by atoms with van der Waals surface area (Å²) in [6, 6.07) is 16.0. The zero-order valence-corrected chi connectivity index (χ0v) is 18.0. The van der Waals surface area contributed by atoms with Crippen molar-refractivity contribution in [1.82, 2.24) is 0 Å². The molecule has 0 fully saturated rings. The van der Waals surface area contributed by atoms with Crippen LogP contribution in [0, 0.1) is 13.8 Å². The fourth-order valence-electron chi connectivity index (χ4n) is 2.70. The Balaban J connectivity index is 1.85. The first-order valence-electron chi connectivity index (χ1n) is 8.63. The molecule has 0 aliphatic carbocycles. The minimum atomic E-state index is -3.98. The van der Waals surface area contributed by atoms with Crippen molar-refractivity contribution in [2.24, 2.45) is 0 Å². The maximum Gasteiger partial charge on any atom is 0.263 e. The molecule has 3 aromatic rings. The lowest BCUT2D eigenvalue weighted by molar-refractivity contribution is 0.102. The van der Waals surface area contributed by atoms with Crippen LogP contribution >= 0.6 is 23.2 Å². The lowest BCUT2D eigenvalue weighted by Gasteiger charge is -2.12. The van der Waals surface area contributed by atoms with Crippen LogP contribution in [-0.2, 0) is 10.0 Å². The molecular weight excluding hydrogens is 431 g/mol. The van der Waals surface area contributed by atoms with Gasteiger partial charge >= 0.3 is 0 Å². The van der Waals surface area contributed by atoms with E-state index in [1.54, 1.807) is 18.2 Å². The lowest BCUT2D eigenvalue weighted by atomic mass is 10.1. The van der Waals surface area contributed by atoms with Crippen molar-refractivity contribution in [3.05, 3.63) is 87.4 Å². The number of hydrogen-bond donors (Lipinski definition) is 2. The van der Waals surface area contributed by atoms with Gasteiger partial charge in [0.15, 0.2) is 0 Å². The molecule has 0 radical (unpaired) electrons. The molecule has 1 amide bonds. The Morgan fingerprint density at radius 1 is 0.931 bits per heavy atom. The number of aryl methyl sites for hydroxylation is 1. The molecule has 0 saturated heterocycles. The van der Waals surface area contributed by atoms with Gasteiger partial charge in [0, 0.05) is 22.0 Å². The molecule has 0 aliphatic heterocycles. The molecule has 3 aromatic carbocycles. The number of anilines is 2. The van der Waals surface area contributed by atoms with Crippen LogP contribution in [0.1, 0.15) is 21.5 Å². The van der Waals surface area contributed by atoms with Crippen molar-refractivity contribution >= 4 is 50.5 Å². The van der Waals surface area contributed by atoms with Gasteiger partial charge in [0.05, 0.1) is 5.02 Å². The van der Waals surface area contributed by atoms with E-state index in [4.69, 9.17) is 23.2 Å². The summed E-state index contributed by atoms with van der Waals surface area (Å²) in [5, 5.41) is 3.14. The van der Waals surface area contributed by atoms with Gasteiger partial charge in [0.25, 0.3) is 15.9 Å². The van der Waals surface area contributed by atoms with E-state index in [1.165, 1.54) is 24.3 Å². The van der Waals surface area contributed by atoms with Gasteiger partial charge in [-0.25, -0.2) is 8.42 Å². The van der Waals surface area contributed by atoms with Crippen molar-refractivity contribution in [1.29, 1.82) is 0 Å². The van der Waals surface area contributed by atoms with Crippen LogP contribution < -0.4 is 10.0 Å². The Morgan fingerprint density at radius 3 is 2.41 bits per heavy atom. The summed E-state index contributed by atoms with van der Waals surface area (Å²) in [6.07, 6.45) is 0. The normalized spacial score (nSPS) is 11.2. The molecule has 8 heteroatoms. The highest BCUT2D eigenvalue weighted by Crippen LogP contribution is 2.27. The number of sulfonamides is 1. The fourth-order valence-corrected chi connectivity index (χ4v) is 4.51. The quantitative estimate of drug-likeness (QED) is 0.528. The second-order valence-corrected chi connectivity index (χ2v) is 8.96. The van der Waals surface area contributed by atoms with Crippen molar-refractivity contribution in [3.63, 3.8) is 0 Å². The number of halogens is 2. The summed E-state index contributed by atoms with van der Waals surface area (Å²) < 4.78 is 27.8. The van der Waals surface area contributed by atoms with Gasteiger partial charge in [0.1, 0.15) is 4.90 Å². The number of hydrogen-bond acceptors (Lipinski definition) is 3. The number of benzene rings is 3. The van der Waals surface area contributed by atoms with Gasteiger partial charge in [-0.1, -0.05) is 41.4 Å². The molecule has 0 saturated carbocycles. The molecule has 0 aromatic heterocycles. The topological polar surface area (TPSA) is 75.3 Å². The van der Waals surface area contributed by atoms with Gasteiger partial charge < -0.3 is 5.32 Å². The van der Waals surface area contributed by atoms with E-state index < -0.39 is 10.0 Å². The summed E-state index contributed by atoms with van der Waals surface area (Å²) in [7, 11) is -3.98.